The molecule has 0 N–H and O–H groups in total. The third-order valence-corrected chi connectivity index (χ3v) is 1.33. The molecular formula is C8H5F3NO3-. The molecular weight excluding hydrogens is 215 g/mol. The number of nitrogens with zero attached hydrogens (tertiary/aromatic N) is 1. The van der Waals surface area contributed by atoms with Gasteiger partial charge in [0.1, 0.15) is 0 Å². The Morgan fingerprint density at radius 1 is 1.47 bits per heavy atom. The number of pyridine rings is 1. The third kappa shape index (κ3) is 4.30. The van der Waals surface area contributed by atoms with Gasteiger partial charge < -0.3 is 14.6 Å². The Morgan fingerprint density at radius 2 is 2.13 bits per heavy atom. The van der Waals surface area contributed by atoms with Crippen LogP contribution in [0.2, 0.25) is 0 Å². The lowest BCUT2D eigenvalue weighted by atomic mass is 10.3. The van der Waals surface area contributed by atoms with Crippen molar-refractivity contribution in [2.45, 2.75) is 12.8 Å². The summed E-state index contributed by atoms with van der Waals surface area (Å²) < 4.78 is 38.7. The number of ether oxygens (including phenoxy) is 1. The quantitative estimate of drug-likeness (QED) is 0.733. The van der Waals surface area contributed by atoms with Crippen molar-refractivity contribution in [2.24, 2.45) is 0 Å². The fraction of sp³-hybridized carbons (Fsp3) is 0.250. The third-order valence-electron chi connectivity index (χ3n) is 1.33. The van der Waals surface area contributed by atoms with Gasteiger partial charge in [-0.1, -0.05) is 6.07 Å². The fourth-order valence-corrected chi connectivity index (χ4v) is 0.879. The molecule has 0 amide bonds. The Kier molecular flexibility index (Phi) is 3.13. The number of aromatic nitrogens is 1. The van der Waals surface area contributed by atoms with Crippen LogP contribution in [0.15, 0.2) is 18.2 Å². The lowest BCUT2D eigenvalue weighted by Crippen LogP contribution is -2.25. The SMILES string of the molecule is O=C([O-])Cc1cccc(OC(F)(F)F)n1. The van der Waals surface area contributed by atoms with Crippen molar-refractivity contribution < 1.29 is 27.8 Å². The number of carboxylic acids is 1. The summed E-state index contributed by atoms with van der Waals surface area (Å²) in [4.78, 5) is 13.5. The van der Waals surface area contributed by atoms with Gasteiger partial charge in [-0.2, -0.15) is 0 Å². The maximum absolute atomic E-state index is 11.7. The molecule has 0 aliphatic rings. The molecule has 0 aliphatic heterocycles. The Hall–Kier alpha value is -1.79. The van der Waals surface area contributed by atoms with Crippen LogP contribution < -0.4 is 9.84 Å². The average molecular weight is 220 g/mol. The minimum atomic E-state index is -4.84. The minimum Gasteiger partial charge on any atom is -0.550 e. The largest absolute Gasteiger partial charge is 0.574 e. The van der Waals surface area contributed by atoms with E-state index >= 15 is 0 Å². The van der Waals surface area contributed by atoms with Crippen LogP contribution in [-0.4, -0.2) is 17.3 Å². The number of rotatable bonds is 3. The van der Waals surface area contributed by atoms with Gasteiger partial charge >= 0.3 is 6.36 Å². The van der Waals surface area contributed by atoms with Gasteiger partial charge in [-0.25, -0.2) is 4.98 Å². The van der Waals surface area contributed by atoms with Gasteiger partial charge in [-0.05, 0) is 6.07 Å². The molecule has 0 saturated carbocycles. The molecule has 15 heavy (non-hydrogen) atoms. The van der Waals surface area contributed by atoms with Crippen LogP contribution in [0.25, 0.3) is 0 Å². The van der Waals surface area contributed by atoms with E-state index in [1.807, 2.05) is 0 Å². The van der Waals surface area contributed by atoms with Crippen molar-refractivity contribution in [1.29, 1.82) is 0 Å². The monoisotopic (exact) mass is 220 g/mol. The summed E-state index contributed by atoms with van der Waals surface area (Å²) in [5.74, 6) is -2.12. The maximum Gasteiger partial charge on any atom is 0.574 e. The Bertz CT molecular complexity index is 364. The Morgan fingerprint density at radius 3 is 2.67 bits per heavy atom. The number of aliphatic carboxylic acids is 1. The summed E-state index contributed by atoms with van der Waals surface area (Å²) in [6, 6.07) is 3.46. The van der Waals surface area contributed by atoms with Crippen LogP contribution >= 0.6 is 0 Å². The molecule has 0 atom stereocenters. The molecule has 0 fully saturated rings. The van der Waals surface area contributed by atoms with E-state index in [1.54, 1.807) is 0 Å². The molecule has 4 nitrogen and oxygen atoms in total. The normalized spacial score (nSPS) is 11.1. The minimum absolute atomic E-state index is 0.0586. The molecule has 0 bridgehead atoms. The zero-order chi connectivity index (χ0) is 11.5. The van der Waals surface area contributed by atoms with Crippen LogP contribution in [-0.2, 0) is 11.2 Å². The average Bonchev–Trinajstić information content (AvgIpc) is 1.99. The lowest BCUT2D eigenvalue weighted by Gasteiger charge is -2.08. The molecule has 1 rings (SSSR count). The summed E-state index contributed by atoms with van der Waals surface area (Å²) in [5.41, 5.74) is -0.0586. The number of carboxylic acid groups (broad SMARTS) is 1. The van der Waals surface area contributed by atoms with Gasteiger partial charge in [0.15, 0.2) is 0 Å². The van der Waals surface area contributed by atoms with Gasteiger partial charge in [0.05, 0.1) is 5.69 Å². The van der Waals surface area contributed by atoms with E-state index < -0.39 is 24.6 Å². The first-order valence-corrected chi connectivity index (χ1v) is 3.78. The number of carbonyl (C=O) groups is 1. The van der Waals surface area contributed by atoms with Crippen molar-refractivity contribution in [3.63, 3.8) is 0 Å². The zero-order valence-electron chi connectivity index (χ0n) is 7.25. The van der Waals surface area contributed by atoms with Crippen LogP contribution in [0, 0.1) is 0 Å². The van der Waals surface area contributed by atoms with E-state index in [1.165, 1.54) is 12.1 Å². The molecule has 0 aliphatic carbocycles. The van der Waals surface area contributed by atoms with Crippen molar-refractivity contribution >= 4 is 5.97 Å². The first-order valence-electron chi connectivity index (χ1n) is 3.78. The number of alkyl halides is 3. The molecule has 1 aromatic heterocycles. The van der Waals surface area contributed by atoms with Crippen LogP contribution in [0.4, 0.5) is 13.2 Å². The van der Waals surface area contributed by atoms with E-state index in [-0.39, 0.29) is 5.69 Å². The predicted molar refractivity (Wildman–Crippen MR) is 39.6 cm³/mol. The topological polar surface area (TPSA) is 62.2 Å². The molecule has 82 valence electrons. The van der Waals surface area contributed by atoms with Crippen LogP contribution in [0.1, 0.15) is 5.69 Å². The number of hydrogen-bond donors (Lipinski definition) is 0. The van der Waals surface area contributed by atoms with E-state index in [0.717, 1.165) is 6.07 Å². The summed E-state index contributed by atoms with van der Waals surface area (Å²) in [5, 5.41) is 10.2. The van der Waals surface area contributed by atoms with E-state index in [4.69, 9.17) is 0 Å². The number of halogens is 3. The van der Waals surface area contributed by atoms with E-state index in [9.17, 15) is 23.1 Å². The summed E-state index contributed by atoms with van der Waals surface area (Å²) >= 11 is 0. The highest BCUT2D eigenvalue weighted by Gasteiger charge is 2.31. The summed E-state index contributed by atoms with van der Waals surface area (Å²) in [7, 11) is 0. The first-order chi connectivity index (χ1) is 6.87. The standard InChI is InChI=1S/C8H6F3NO3/c9-8(10,11)15-6-3-1-2-5(12-6)4-7(13)14/h1-3H,4H2,(H,13,14)/p-1. The summed E-state index contributed by atoms with van der Waals surface area (Å²) in [6.07, 6.45) is -5.40. The Balaban J connectivity index is 2.79. The zero-order valence-corrected chi connectivity index (χ0v) is 7.25. The second kappa shape index (κ2) is 4.16. The molecule has 0 spiro atoms. The number of hydrogen-bond acceptors (Lipinski definition) is 4. The number of carbonyl (C=O) groups excluding carboxylic acids is 1. The van der Waals surface area contributed by atoms with Gasteiger partial charge in [0, 0.05) is 18.5 Å². The van der Waals surface area contributed by atoms with Gasteiger partial charge in [0.25, 0.3) is 0 Å². The van der Waals surface area contributed by atoms with Crippen molar-refractivity contribution in [3.8, 4) is 5.88 Å². The second-order valence-corrected chi connectivity index (χ2v) is 2.56. The van der Waals surface area contributed by atoms with Crippen LogP contribution in [0.5, 0.6) is 5.88 Å². The summed E-state index contributed by atoms with van der Waals surface area (Å²) in [6.45, 7) is 0. The predicted octanol–water partition coefficient (Wildman–Crippen LogP) is 0.273. The highest BCUT2D eigenvalue weighted by atomic mass is 19.4. The van der Waals surface area contributed by atoms with Gasteiger partial charge in [-0.15, -0.1) is 13.2 Å². The highest BCUT2D eigenvalue weighted by molar-refractivity contribution is 5.67. The van der Waals surface area contributed by atoms with E-state index in [0.29, 0.717) is 0 Å². The van der Waals surface area contributed by atoms with Gasteiger partial charge in [-0.3, -0.25) is 0 Å². The molecule has 0 aromatic carbocycles. The fourth-order valence-electron chi connectivity index (χ4n) is 0.879. The van der Waals surface area contributed by atoms with Crippen molar-refractivity contribution in [2.75, 3.05) is 0 Å². The lowest BCUT2D eigenvalue weighted by molar-refractivity contribution is -0.304. The molecule has 0 saturated heterocycles. The smallest absolute Gasteiger partial charge is 0.550 e. The molecule has 0 unspecified atom stereocenters. The Labute approximate surface area is 82.3 Å². The first kappa shape index (κ1) is 11.3. The van der Waals surface area contributed by atoms with Crippen molar-refractivity contribution in [3.05, 3.63) is 23.9 Å². The van der Waals surface area contributed by atoms with Gasteiger partial charge in [0.2, 0.25) is 5.88 Å². The van der Waals surface area contributed by atoms with E-state index in [2.05, 4.69) is 9.72 Å². The maximum atomic E-state index is 11.7. The van der Waals surface area contributed by atoms with Crippen LogP contribution in [0.3, 0.4) is 0 Å². The van der Waals surface area contributed by atoms with Crippen molar-refractivity contribution in [1.82, 2.24) is 4.98 Å². The second-order valence-electron chi connectivity index (χ2n) is 2.56. The molecule has 1 heterocycles. The molecule has 0 radical (unpaired) electrons. The molecule has 7 heteroatoms. The highest BCUT2D eigenvalue weighted by Crippen LogP contribution is 2.20. The molecule has 1 aromatic rings.